The van der Waals surface area contributed by atoms with Crippen molar-refractivity contribution in [1.29, 1.82) is 0 Å². The zero-order valence-corrected chi connectivity index (χ0v) is 12.6. The van der Waals surface area contributed by atoms with Gasteiger partial charge in [0.1, 0.15) is 0 Å². The molecule has 0 saturated carbocycles. The van der Waals surface area contributed by atoms with Crippen LogP contribution >= 0.6 is 0 Å². The second-order valence-electron chi connectivity index (χ2n) is 6.53. The molecule has 0 amide bonds. The summed E-state index contributed by atoms with van der Waals surface area (Å²) < 4.78 is 0. The lowest BCUT2D eigenvalue weighted by Crippen LogP contribution is -2.16. The standard InChI is InChI=1S/C16H34/c1-7-12-16(6,8-2)13-11-15(5)10-9-14(3)4/h14-15H,7-13H2,1-6H3. The third-order valence-corrected chi connectivity index (χ3v) is 4.18. The van der Waals surface area contributed by atoms with Crippen LogP contribution in [0, 0.1) is 17.3 Å². The maximum Gasteiger partial charge on any atom is -0.0328 e. The van der Waals surface area contributed by atoms with E-state index >= 15 is 0 Å². The number of hydrogen-bond acceptors (Lipinski definition) is 0. The first-order valence-corrected chi connectivity index (χ1v) is 7.43. The highest BCUT2D eigenvalue weighted by Crippen LogP contribution is 2.34. The summed E-state index contributed by atoms with van der Waals surface area (Å²) >= 11 is 0. The maximum atomic E-state index is 2.48. The Labute approximate surface area is 104 Å². The molecule has 0 aliphatic heterocycles. The summed E-state index contributed by atoms with van der Waals surface area (Å²) in [6.45, 7) is 14.3. The normalized spacial score (nSPS) is 17.4. The molecule has 0 N–H and O–H groups in total. The first-order valence-electron chi connectivity index (χ1n) is 7.43. The lowest BCUT2D eigenvalue weighted by Gasteiger charge is -2.29. The number of hydrogen-bond donors (Lipinski definition) is 0. The van der Waals surface area contributed by atoms with Crippen LogP contribution in [0.4, 0.5) is 0 Å². The van der Waals surface area contributed by atoms with Gasteiger partial charge in [-0.1, -0.05) is 73.6 Å². The highest BCUT2D eigenvalue weighted by atomic mass is 14.3. The second-order valence-corrected chi connectivity index (χ2v) is 6.53. The van der Waals surface area contributed by atoms with Gasteiger partial charge in [-0.3, -0.25) is 0 Å². The zero-order chi connectivity index (χ0) is 12.6. The average molecular weight is 226 g/mol. The molecule has 16 heavy (non-hydrogen) atoms. The van der Waals surface area contributed by atoms with Crippen LogP contribution in [0.25, 0.3) is 0 Å². The molecule has 0 rings (SSSR count). The Bertz CT molecular complexity index is 159. The fourth-order valence-electron chi connectivity index (χ4n) is 2.44. The van der Waals surface area contributed by atoms with Crippen molar-refractivity contribution >= 4 is 0 Å². The molecule has 0 spiro atoms. The van der Waals surface area contributed by atoms with Crippen LogP contribution < -0.4 is 0 Å². The van der Waals surface area contributed by atoms with E-state index < -0.39 is 0 Å². The van der Waals surface area contributed by atoms with E-state index in [0.29, 0.717) is 5.41 Å². The van der Waals surface area contributed by atoms with E-state index in [4.69, 9.17) is 0 Å². The molecular weight excluding hydrogens is 192 g/mol. The van der Waals surface area contributed by atoms with Gasteiger partial charge in [0.2, 0.25) is 0 Å². The summed E-state index contributed by atoms with van der Waals surface area (Å²) in [7, 11) is 0. The van der Waals surface area contributed by atoms with Gasteiger partial charge in [-0.2, -0.15) is 0 Å². The Morgan fingerprint density at radius 1 is 0.875 bits per heavy atom. The molecule has 0 saturated heterocycles. The topological polar surface area (TPSA) is 0 Å². The predicted molar refractivity (Wildman–Crippen MR) is 75.8 cm³/mol. The van der Waals surface area contributed by atoms with Gasteiger partial charge in [-0.25, -0.2) is 0 Å². The molecule has 0 aliphatic carbocycles. The molecule has 2 unspecified atom stereocenters. The molecule has 0 aromatic carbocycles. The first-order chi connectivity index (χ1) is 7.43. The minimum absolute atomic E-state index is 0.612. The molecule has 2 atom stereocenters. The molecule has 0 fully saturated rings. The van der Waals surface area contributed by atoms with Crippen molar-refractivity contribution in [3.8, 4) is 0 Å². The average Bonchev–Trinajstić information content (AvgIpc) is 2.24. The van der Waals surface area contributed by atoms with Gasteiger partial charge in [-0.05, 0) is 30.1 Å². The maximum absolute atomic E-state index is 2.48. The van der Waals surface area contributed by atoms with Crippen LogP contribution in [0.5, 0.6) is 0 Å². The molecule has 0 aliphatic rings. The summed E-state index contributed by atoms with van der Waals surface area (Å²) in [5.74, 6) is 1.79. The van der Waals surface area contributed by atoms with E-state index in [0.717, 1.165) is 11.8 Å². The van der Waals surface area contributed by atoms with Crippen LogP contribution in [0.1, 0.15) is 86.5 Å². The third kappa shape index (κ3) is 7.30. The van der Waals surface area contributed by atoms with E-state index in [9.17, 15) is 0 Å². The highest BCUT2D eigenvalue weighted by Gasteiger charge is 2.21. The van der Waals surface area contributed by atoms with Crippen LogP contribution in [0.15, 0.2) is 0 Å². The summed E-state index contributed by atoms with van der Waals surface area (Å²) in [4.78, 5) is 0. The summed E-state index contributed by atoms with van der Waals surface area (Å²) in [6, 6.07) is 0. The molecule has 0 radical (unpaired) electrons. The minimum Gasteiger partial charge on any atom is -0.0654 e. The van der Waals surface area contributed by atoms with Gasteiger partial charge >= 0.3 is 0 Å². The molecule has 0 heteroatoms. The van der Waals surface area contributed by atoms with Crippen molar-refractivity contribution in [2.24, 2.45) is 17.3 Å². The molecule has 98 valence electrons. The van der Waals surface area contributed by atoms with Gasteiger partial charge in [0.15, 0.2) is 0 Å². The van der Waals surface area contributed by atoms with Crippen molar-refractivity contribution in [2.45, 2.75) is 86.5 Å². The van der Waals surface area contributed by atoms with Crippen LogP contribution in [0.2, 0.25) is 0 Å². The summed E-state index contributed by atoms with van der Waals surface area (Å²) in [6.07, 6.45) is 9.76. The van der Waals surface area contributed by atoms with Crippen LogP contribution in [-0.4, -0.2) is 0 Å². The van der Waals surface area contributed by atoms with Gasteiger partial charge in [0.05, 0.1) is 0 Å². The third-order valence-electron chi connectivity index (χ3n) is 4.18. The Balaban J connectivity index is 3.83. The van der Waals surface area contributed by atoms with Gasteiger partial charge in [0, 0.05) is 0 Å². The molecule has 0 bridgehead atoms. The number of rotatable bonds is 9. The Hall–Kier alpha value is 0. The van der Waals surface area contributed by atoms with E-state index in [1.54, 1.807) is 0 Å². The molecule has 0 aromatic rings. The van der Waals surface area contributed by atoms with Crippen molar-refractivity contribution in [3.63, 3.8) is 0 Å². The molecule has 0 heterocycles. The Morgan fingerprint density at radius 3 is 1.94 bits per heavy atom. The largest absolute Gasteiger partial charge is 0.0654 e. The first kappa shape index (κ1) is 16.0. The fourth-order valence-corrected chi connectivity index (χ4v) is 2.44. The van der Waals surface area contributed by atoms with E-state index in [1.165, 1.54) is 44.9 Å². The van der Waals surface area contributed by atoms with Gasteiger partial charge in [0.25, 0.3) is 0 Å². The van der Waals surface area contributed by atoms with Crippen LogP contribution in [-0.2, 0) is 0 Å². The van der Waals surface area contributed by atoms with Crippen LogP contribution in [0.3, 0.4) is 0 Å². The Kier molecular flexibility index (Phi) is 8.14. The molecule has 0 nitrogen and oxygen atoms in total. The van der Waals surface area contributed by atoms with Crippen molar-refractivity contribution in [2.75, 3.05) is 0 Å². The highest BCUT2D eigenvalue weighted by molar-refractivity contribution is 4.73. The monoisotopic (exact) mass is 226 g/mol. The lowest BCUT2D eigenvalue weighted by molar-refractivity contribution is 0.230. The smallest absolute Gasteiger partial charge is 0.0328 e. The van der Waals surface area contributed by atoms with Crippen molar-refractivity contribution in [3.05, 3.63) is 0 Å². The fraction of sp³-hybridized carbons (Fsp3) is 1.00. The van der Waals surface area contributed by atoms with E-state index in [1.807, 2.05) is 0 Å². The predicted octanol–water partition coefficient (Wildman–Crippen LogP) is 6.06. The lowest BCUT2D eigenvalue weighted by atomic mass is 9.77. The van der Waals surface area contributed by atoms with Gasteiger partial charge in [-0.15, -0.1) is 0 Å². The van der Waals surface area contributed by atoms with Crippen molar-refractivity contribution < 1.29 is 0 Å². The van der Waals surface area contributed by atoms with E-state index in [-0.39, 0.29) is 0 Å². The van der Waals surface area contributed by atoms with E-state index in [2.05, 4.69) is 41.5 Å². The summed E-state index contributed by atoms with van der Waals surface area (Å²) in [5.41, 5.74) is 0.612. The summed E-state index contributed by atoms with van der Waals surface area (Å²) in [5, 5.41) is 0. The minimum atomic E-state index is 0.612. The quantitative estimate of drug-likeness (QED) is 0.448. The van der Waals surface area contributed by atoms with Gasteiger partial charge < -0.3 is 0 Å². The molecular formula is C16H34. The second kappa shape index (κ2) is 8.14. The zero-order valence-electron chi connectivity index (χ0n) is 12.6. The Morgan fingerprint density at radius 2 is 1.50 bits per heavy atom. The van der Waals surface area contributed by atoms with Crippen molar-refractivity contribution in [1.82, 2.24) is 0 Å². The molecule has 0 aromatic heterocycles. The SMILES string of the molecule is CCCC(C)(CC)CCC(C)CCC(C)C.